The molecule has 0 bridgehead atoms. The Morgan fingerprint density at radius 1 is 1.03 bits per heavy atom. The van der Waals surface area contributed by atoms with Crippen molar-refractivity contribution in [2.24, 2.45) is 5.92 Å². The number of allylic oxidation sites excluding steroid dienone is 2. The van der Waals surface area contributed by atoms with E-state index in [0.717, 1.165) is 19.3 Å². The van der Waals surface area contributed by atoms with Crippen LogP contribution in [-0.4, -0.2) is 25.9 Å². The van der Waals surface area contributed by atoms with E-state index >= 15 is 0 Å². The van der Waals surface area contributed by atoms with Gasteiger partial charge in [0.1, 0.15) is 16.4 Å². The average Bonchev–Trinajstić information content (AvgIpc) is 2.75. The molecule has 1 saturated carbocycles. The molecule has 2 rings (SSSR count). The predicted octanol–water partition coefficient (Wildman–Crippen LogP) is 3.89. The molecule has 1 unspecified atom stereocenters. The van der Waals surface area contributed by atoms with Crippen LogP contribution in [0.15, 0.2) is 41.3 Å². The van der Waals surface area contributed by atoms with Crippen LogP contribution >= 0.6 is 0 Å². The Morgan fingerprint density at radius 3 is 2.12 bits per heavy atom. The molecule has 1 atom stereocenters. The predicted molar refractivity (Wildman–Crippen MR) is 127 cm³/mol. The van der Waals surface area contributed by atoms with Gasteiger partial charge in [0, 0.05) is 12.3 Å². The SMILES string of the molecule is CCCCCCCC/C=C\CCCCC1CCC1=O.COc1ccccc1S(=O)(=O)O.[H-].[Na+]. The summed E-state index contributed by atoms with van der Waals surface area (Å²) in [6.07, 6.45) is 21.1. The van der Waals surface area contributed by atoms with Gasteiger partial charge in [-0.1, -0.05) is 69.7 Å². The minimum Gasteiger partial charge on any atom is -1.00 e. The number of methoxy groups -OCH3 is 1. The number of ketones is 1. The minimum absolute atomic E-state index is 0. The summed E-state index contributed by atoms with van der Waals surface area (Å²) in [7, 11) is -2.83. The van der Waals surface area contributed by atoms with E-state index in [9.17, 15) is 13.2 Å². The average molecular weight is 477 g/mol. The fourth-order valence-corrected chi connectivity index (χ4v) is 4.19. The van der Waals surface area contributed by atoms with E-state index in [-0.39, 0.29) is 41.6 Å². The Kier molecular flexibility index (Phi) is 18.3. The molecule has 0 saturated heterocycles. The molecule has 178 valence electrons. The summed E-state index contributed by atoms with van der Waals surface area (Å²) in [5.41, 5.74) is 0. The molecule has 0 aliphatic heterocycles. The van der Waals surface area contributed by atoms with Gasteiger partial charge in [-0.3, -0.25) is 9.35 Å². The Bertz CT molecular complexity index is 768. The molecule has 1 N–H and O–H groups in total. The van der Waals surface area contributed by atoms with Gasteiger partial charge in [-0.2, -0.15) is 8.42 Å². The van der Waals surface area contributed by atoms with E-state index in [2.05, 4.69) is 19.1 Å². The van der Waals surface area contributed by atoms with Gasteiger partial charge in [0.05, 0.1) is 7.11 Å². The summed E-state index contributed by atoms with van der Waals surface area (Å²) < 4.78 is 34.8. The van der Waals surface area contributed by atoms with Crippen LogP contribution in [0.1, 0.15) is 91.8 Å². The quantitative estimate of drug-likeness (QED) is 0.191. The second kappa shape index (κ2) is 18.7. The van der Waals surface area contributed by atoms with Crippen LogP contribution in [0.3, 0.4) is 0 Å². The van der Waals surface area contributed by atoms with Crippen molar-refractivity contribution in [2.75, 3.05) is 7.11 Å². The van der Waals surface area contributed by atoms with Crippen molar-refractivity contribution in [3.05, 3.63) is 36.4 Å². The van der Waals surface area contributed by atoms with Crippen LogP contribution in [-0.2, 0) is 14.9 Å². The van der Waals surface area contributed by atoms with E-state index in [1.165, 1.54) is 89.5 Å². The molecule has 1 aromatic carbocycles. The summed E-state index contributed by atoms with van der Waals surface area (Å²) in [6.45, 7) is 2.27. The van der Waals surface area contributed by atoms with Crippen LogP contribution in [0.25, 0.3) is 0 Å². The van der Waals surface area contributed by atoms with Crippen molar-refractivity contribution < 1.29 is 53.5 Å². The zero-order chi connectivity index (χ0) is 23.0. The topological polar surface area (TPSA) is 80.7 Å². The van der Waals surface area contributed by atoms with Gasteiger partial charge < -0.3 is 6.16 Å². The van der Waals surface area contributed by atoms with Gasteiger partial charge >= 0.3 is 29.6 Å². The number of rotatable bonds is 14. The standard InChI is InChI=1S/C18H32O.C7H8O4S.Na.H/c1-2-3-4-5-6-7-8-9-10-11-12-13-14-17-15-16-18(17)19;1-11-6-4-2-3-5-7(6)12(8,9)10;;/h9-10,17H,2-8,11-16H2,1H3;2-5H,1H3,(H,8,9,10);;/q;;+1;-1/b10-9-;;;. The van der Waals surface area contributed by atoms with Crippen molar-refractivity contribution >= 4 is 15.9 Å². The Balaban J connectivity index is 0. The first-order valence-corrected chi connectivity index (χ1v) is 13.1. The third-order valence-corrected chi connectivity index (χ3v) is 6.50. The number of hydrogen-bond donors (Lipinski definition) is 1. The van der Waals surface area contributed by atoms with Gasteiger partial charge in [0.15, 0.2) is 0 Å². The van der Waals surface area contributed by atoms with Gasteiger partial charge in [-0.25, -0.2) is 0 Å². The van der Waals surface area contributed by atoms with Crippen LogP contribution < -0.4 is 34.3 Å². The molecule has 1 aromatic rings. The maximum atomic E-state index is 11.1. The maximum absolute atomic E-state index is 11.1. The van der Waals surface area contributed by atoms with Crippen molar-refractivity contribution in [3.63, 3.8) is 0 Å². The van der Waals surface area contributed by atoms with Gasteiger partial charge in [0.25, 0.3) is 10.1 Å². The normalized spacial score (nSPS) is 15.5. The third kappa shape index (κ3) is 13.8. The van der Waals surface area contributed by atoms with Crippen LogP contribution in [0, 0.1) is 5.92 Å². The summed E-state index contributed by atoms with van der Waals surface area (Å²) in [5.74, 6) is 1.09. The molecule has 32 heavy (non-hydrogen) atoms. The number of carbonyl (C=O) groups excluding carboxylic acids is 1. The molecule has 0 amide bonds. The minimum atomic E-state index is -4.17. The summed E-state index contributed by atoms with van der Waals surface area (Å²) >= 11 is 0. The Labute approximate surface area is 218 Å². The fraction of sp³-hybridized carbons (Fsp3) is 0.640. The van der Waals surface area contributed by atoms with Crippen molar-refractivity contribution in [2.45, 2.75) is 95.3 Å². The summed E-state index contributed by atoms with van der Waals surface area (Å²) in [5, 5.41) is 0. The molecule has 1 aliphatic rings. The van der Waals surface area contributed by atoms with Gasteiger partial charge in [-0.15, -0.1) is 0 Å². The molecular formula is C25H41NaO5S. The first-order valence-electron chi connectivity index (χ1n) is 11.7. The van der Waals surface area contributed by atoms with Crippen LogP contribution in [0.4, 0.5) is 0 Å². The number of carbonyl (C=O) groups is 1. The molecule has 1 aliphatic carbocycles. The zero-order valence-electron chi connectivity index (χ0n) is 21.2. The molecule has 1 fully saturated rings. The molecule has 5 nitrogen and oxygen atoms in total. The molecule has 0 radical (unpaired) electrons. The number of benzene rings is 1. The zero-order valence-corrected chi connectivity index (χ0v) is 23.0. The second-order valence-electron chi connectivity index (χ2n) is 8.14. The number of para-hydroxylation sites is 1. The number of Topliss-reactive ketones (excluding diaryl/α,β-unsaturated/α-hetero) is 1. The fourth-order valence-electron chi connectivity index (χ4n) is 3.53. The van der Waals surface area contributed by atoms with Crippen molar-refractivity contribution in [3.8, 4) is 5.75 Å². The molecule has 7 heteroatoms. The van der Waals surface area contributed by atoms with E-state index in [1.54, 1.807) is 6.07 Å². The van der Waals surface area contributed by atoms with Gasteiger partial charge in [0.2, 0.25) is 0 Å². The van der Waals surface area contributed by atoms with Crippen molar-refractivity contribution in [1.82, 2.24) is 0 Å². The first-order chi connectivity index (χ1) is 14.9. The van der Waals surface area contributed by atoms with E-state index in [1.807, 2.05) is 0 Å². The number of ether oxygens (including phenoxy) is 1. The molecule has 0 heterocycles. The summed E-state index contributed by atoms with van der Waals surface area (Å²) in [4.78, 5) is 10.9. The third-order valence-electron chi connectivity index (χ3n) is 5.61. The second-order valence-corrected chi connectivity index (χ2v) is 9.53. The molecule has 0 aromatic heterocycles. The molecular weight excluding hydrogens is 435 g/mol. The summed E-state index contributed by atoms with van der Waals surface area (Å²) in [6, 6.07) is 5.86. The Hall–Kier alpha value is -0.660. The smallest absolute Gasteiger partial charge is 1.00 e. The number of unbranched alkanes of at least 4 members (excludes halogenated alkanes) is 8. The maximum Gasteiger partial charge on any atom is 1.00 e. The van der Waals surface area contributed by atoms with E-state index in [4.69, 9.17) is 9.29 Å². The first kappa shape index (κ1) is 31.3. The van der Waals surface area contributed by atoms with E-state index < -0.39 is 10.1 Å². The van der Waals surface area contributed by atoms with Crippen molar-refractivity contribution in [1.29, 1.82) is 0 Å². The Morgan fingerprint density at radius 2 is 1.62 bits per heavy atom. The van der Waals surface area contributed by atoms with Crippen LogP contribution in [0.2, 0.25) is 0 Å². The van der Waals surface area contributed by atoms with Crippen LogP contribution in [0.5, 0.6) is 5.75 Å². The van der Waals surface area contributed by atoms with E-state index in [0.29, 0.717) is 11.7 Å². The van der Waals surface area contributed by atoms with Gasteiger partial charge in [-0.05, 0) is 50.7 Å². The largest absolute Gasteiger partial charge is 1.00 e. The molecule has 0 spiro atoms. The number of hydrogen-bond acceptors (Lipinski definition) is 4. The monoisotopic (exact) mass is 476 g/mol.